The van der Waals surface area contributed by atoms with Gasteiger partial charge >= 0.3 is 0 Å². The second-order valence-corrected chi connectivity index (χ2v) is 5.58. The number of carbonyl (C=O) groups excluding carboxylic acids is 1. The van der Waals surface area contributed by atoms with Gasteiger partial charge in [-0.2, -0.15) is 0 Å². The number of rotatable bonds is 5. The summed E-state index contributed by atoms with van der Waals surface area (Å²) in [5.74, 6) is 0.557. The molecule has 2 rings (SSSR count). The number of aldehydes is 1. The number of hydrogen-bond acceptors (Lipinski definition) is 4. The molecule has 1 N–H and O–H groups in total. The fraction of sp³-hybridized carbons (Fsp3) is 0.267. The second kappa shape index (κ2) is 6.01. The molecular weight excluding hydrogens is 274 g/mol. The van der Waals surface area contributed by atoms with Crippen LogP contribution < -0.4 is 5.32 Å². The molecule has 20 heavy (non-hydrogen) atoms. The molecule has 0 atom stereocenters. The van der Waals surface area contributed by atoms with Crippen LogP contribution in [0.4, 0.5) is 5.82 Å². The van der Waals surface area contributed by atoms with E-state index >= 15 is 0 Å². The first-order chi connectivity index (χ1) is 9.50. The second-order valence-electron chi connectivity index (χ2n) is 5.22. The Balaban J connectivity index is 2.11. The number of nitrogens with one attached hydrogen (secondary N) is 1. The van der Waals surface area contributed by atoms with E-state index in [2.05, 4.69) is 41.3 Å². The van der Waals surface area contributed by atoms with Gasteiger partial charge in [0.1, 0.15) is 11.5 Å². The molecule has 0 saturated heterocycles. The van der Waals surface area contributed by atoms with Crippen molar-refractivity contribution >= 4 is 23.7 Å². The van der Waals surface area contributed by atoms with E-state index in [0.717, 1.165) is 6.42 Å². The Hall–Kier alpha value is -1.94. The minimum atomic E-state index is -0.206. The molecule has 4 nitrogen and oxygen atoms in total. The van der Waals surface area contributed by atoms with Crippen molar-refractivity contribution in [1.82, 2.24) is 9.97 Å². The van der Waals surface area contributed by atoms with E-state index in [1.54, 1.807) is 0 Å². The first kappa shape index (κ1) is 14.5. The van der Waals surface area contributed by atoms with Gasteiger partial charge in [-0.15, -0.1) is 0 Å². The Kier molecular flexibility index (Phi) is 4.35. The van der Waals surface area contributed by atoms with E-state index in [0.29, 0.717) is 12.1 Å². The lowest BCUT2D eigenvalue weighted by atomic mass is 9.95. The van der Waals surface area contributed by atoms with Crippen molar-refractivity contribution in [3.05, 3.63) is 52.9 Å². The third kappa shape index (κ3) is 3.78. The van der Waals surface area contributed by atoms with Gasteiger partial charge in [-0.1, -0.05) is 41.9 Å². The van der Waals surface area contributed by atoms with E-state index < -0.39 is 0 Å². The molecule has 1 aromatic heterocycles. The van der Waals surface area contributed by atoms with Crippen molar-refractivity contribution in [3.63, 3.8) is 0 Å². The van der Waals surface area contributed by atoms with Crippen LogP contribution in [0, 0.1) is 0 Å². The summed E-state index contributed by atoms with van der Waals surface area (Å²) in [6.07, 6.45) is 2.94. The highest BCUT2D eigenvalue weighted by Crippen LogP contribution is 2.19. The molecular formula is C15H16ClN3O. The van der Waals surface area contributed by atoms with Crippen molar-refractivity contribution < 1.29 is 4.79 Å². The molecule has 104 valence electrons. The molecule has 0 aliphatic carbocycles. The first-order valence-corrected chi connectivity index (χ1v) is 6.68. The summed E-state index contributed by atoms with van der Waals surface area (Å²) in [5, 5.41) is 3.40. The van der Waals surface area contributed by atoms with Crippen LogP contribution in [0.2, 0.25) is 5.15 Å². The first-order valence-electron chi connectivity index (χ1n) is 6.30. The topological polar surface area (TPSA) is 54.9 Å². The third-order valence-electron chi connectivity index (χ3n) is 2.82. The highest BCUT2D eigenvalue weighted by Gasteiger charge is 2.19. The van der Waals surface area contributed by atoms with Gasteiger partial charge in [0.25, 0.3) is 0 Å². The van der Waals surface area contributed by atoms with Crippen LogP contribution in [0.25, 0.3) is 0 Å². The smallest absolute Gasteiger partial charge is 0.171 e. The number of anilines is 1. The maximum absolute atomic E-state index is 10.7. The van der Waals surface area contributed by atoms with E-state index in [9.17, 15) is 4.79 Å². The Morgan fingerprint density at radius 3 is 2.60 bits per heavy atom. The van der Waals surface area contributed by atoms with E-state index in [-0.39, 0.29) is 16.4 Å². The van der Waals surface area contributed by atoms with Gasteiger partial charge in [0.2, 0.25) is 0 Å². The van der Waals surface area contributed by atoms with Crippen LogP contribution in [-0.4, -0.2) is 21.8 Å². The lowest BCUT2D eigenvalue weighted by Gasteiger charge is -2.27. The predicted molar refractivity (Wildman–Crippen MR) is 80.3 cm³/mol. The summed E-state index contributed by atoms with van der Waals surface area (Å²) in [5.41, 5.74) is 1.17. The van der Waals surface area contributed by atoms with Gasteiger partial charge < -0.3 is 5.32 Å². The van der Waals surface area contributed by atoms with Crippen LogP contribution in [0.3, 0.4) is 0 Å². The summed E-state index contributed by atoms with van der Waals surface area (Å²) in [6.45, 7) is 4.15. The molecule has 0 radical (unpaired) electrons. The van der Waals surface area contributed by atoms with E-state index in [4.69, 9.17) is 11.6 Å². The van der Waals surface area contributed by atoms with Gasteiger partial charge in [0.05, 0.1) is 6.20 Å². The number of aromatic nitrogens is 2. The Morgan fingerprint density at radius 1 is 1.30 bits per heavy atom. The maximum atomic E-state index is 10.7. The standard InChI is InChI=1S/C15H16ClN3O/c1-15(2,8-11-6-4-3-5-7-11)19-13-9-17-12(10-20)14(16)18-13/h3-7,9-10H,8H2,1-2H3,(H,18,19). The SMILES string of the molecule is CC(C)(Cc1ccccc1)Nc1cnc(C=O)c(Cl)n1. The van der Waals surface area contributed by atoms with Crippen molar-refractivity contribution in [2.75, 3.05) is 5.32 Å². The predicted octanol–water partition coefficient (Wildman–Crippen LogP) is 3.38. The Labute approximate surface area is 123 Å². The van der Waals surface area contributed by atoms with E-state index in [1.165, 1.54) is 11.8 Å². The molecule has 0 amide bonds. The largest absolute Gasteiger partial charge is 0.364 e. The molecule has 0 aliphatic heterocycles. The minimum Gasteiger partial charge on any atom is -0.364 e. The summed E-state index contributed by atoms with van der Waals surface area (Å²) >= 11 is 5.87. The van der Waals surface area contributed by atoms with E-state index in [1.807, 2.05) is 18.2 Å². The Bertz CT molecular complexity index is 599. The zero-order valence-corrected chi connectivity index (χ0v) is 12.2. The van der Waals surface area contributed by atoms with Crippen LogP contribution >= 0.6 is 11.6 Å². The number of nitrogens with zero attached hydrogens (tertiary/aromatic N) is 2. The average molecular weight is 290 g/mol. The number of benzene rings is 1. The molecule has 5 heteroatoms. The summed E-state index contributed by atoms with van der Waals surface area (Å²) in [6, 6.07) is 10.2. The maximum Gasteiger partial charge on any atom is 0.171 e. The highest BCUT2D eigenvalue weighted by atomic mass is 35.5. The summed E-state index contributed by atoms with van der Waals surface area (Å²) in [7, 11) is 0. The normalized spacial score (nSPS) is 11.2. The molecule has 0 bridgehead atoms. The van der Waals surface area contributed by atoms with Gasteiger partial charge in [0, 0.05) is 5.54 Å². The van der Waals surface area contributed by atoms with Crippen molar-refractivity contribution in [2.24, 2.45) is 0 Å². The Morgan fingerprint density at radius 2 is 2.00 bits per heavy atom. The lowest BCUT2D eigenvalue weighted by Crippen LogP contribution is -2.34. The highest BCUT2D eigenvalue weighted by molar-refractivity contribution is 6.31. The quantitative estimate of drug-likeness (QED) is 0.858. The van der Waals surface area contributed by atoms with Crippen LogP contribution in [-0.2, 0) is 6.42 Å². The summed E-state index contributed by atoms with van der Waals surface area (Å²) < 4.78 is 0. The summed E-state index contributed by atoms with van der Waals surface area (Å²) in [4.78, 5) is 18.8. The molecule has 1 heterocycles. The monoisotopic (exact) mass is 289 g/mol. The van der Waals surface area contributed by atoms with Gasteiger partial charge in [0.15, 0.2) is 11.4 Å². The molecule has 2 aromatic rings. The van der Waals surface area contributed by atoms with Crippen LogP contribution in [0.1, 0.15) is 29.9 Å². The van der Waals surface area contributed by atoms with Crippen molar-refractivity contribution in [1.29, 1.82) is 0 Å². The number of carbonyl (C=O) groups is 1. The average Bonchev–Trinajstić information content (AvgIpc) is 2.39. The van der Waals surface area contributed by atoms with Crippen LogP contribution in [0.15, 0.2) is 36.5 Å². The zero-order valence-electron chi connectivity index (χ0n) is 11.4. The minimum absolute atomic E-state index is 0.112. The number of hydrogen-bond donors (Lipinski definition) is 1. The number of halogens is 1. The third-order valence-corrected chi connectivity index (χ3v) is 3.10. The van der Waals surface area contributed by atoms with Gasteiger partial charge in [-0.25, -0.2) is 9.97 Å². The van der Waals surface area contributed by atoms with Gasteiger partial charge in [-0.05, 0) is 25.8 Å². The fourth-order valence-corrected chi connectivity index (χ4v) is 2.20. The van der Waals surface area contributed by atoms with Crippen molar-refractivity contribution in [3.8, 4) is 0 Å². The fourth-order valence-electron chi connectivity index (χ4n) is 2.01. The van der Waals surface area contributed by atoms with Crippen molar-refractivity contribution in [2.45, 2.75) is 25.8 Å². The lowest BCUT2D eigenvalue weighted by molar-refractivity contribution is 0.111. The molecule has 0 spiro atoms. The molecule has 1 aromatic carbocycles. The van der Waals surface area contributed by atoms with Gasteiger partial charge in [-0.3, -0.25) is 4.79 Å². The molecule has 0 fully saturated rings. The molecule has 0 aliphatic rings. The zero-order chi connectivity index (χ0) is 14.6. The van der Waals surface area contributed by atoms with Crippen LogP contribution in [0.5, 0.6) is 0 Å². The molecule has 0 unspecified atom stereocenters. The molecule has 0 saturated carbocycles.